The van der Waals surface area contributed by atoms with Crippen LogP contribution in [0.5, 0.6) is 0 Å². The molecule has 1 saturated carbocycles. The molecule has 0 aromatic rings. The van der Waals surface area contributed by atoms with Crippen LogP contribution in [0.3, 0.4) is 0 Å². The van der Waals surface area contributed by atoms with Gasteiger partial charge in [0.1, 0.15) is 0 Å². The van der Waals surface area contributed by atoms with E-state index in [4.69, 9.17) is 9.47 Å². The lowest BCUT2D eigenvalue weighted by Crippen LogP contribution is -2.50. The van der Waals surface area contributed by atoms with Gasteiger partial charge in [-0.15, -0.1) is 0 Å². The fourth-order valence-electron chi connectivity index (χ4n) is 2.80. The highest BCUT2D eigenvalue weighted by Crippen LogP contribution is 2.30. The predicted molar refractivity (Wildman–Crippen MR) is 68.3 cm³/mol. The molecule has 0 amide bonds. The average Bonchev–Trinajstić information content (AvgIpc) is 2.32. The monoisotopic (exact) mass is 242 g/mol. The highest BCUT2D eigenvalue weighted by Gasteiger charge is 2.31. The van der Waals surface area contributed by atoms with E-state index in [0.717, 1.165) is 19.1 Å². The molecule has 17 heavy (non-hydrogen) atoms. The van der Waals surface area contributed by atoms with E-state index in [-0.39, 0.29) is 0 Å². The summed E-state index contributed by atoms with van der Waals surface area (Å²) in [5, 5.41) is 0. The van der Waals surface area contributed by atoms with Crippen LogP contribution in [0.1, 0.15) is 12.8 Å². The Balaban J connectivity index is 1.56. The van der Waals surface area contributed by atoms with E-state index >= 15 is 0 Å². The third-order valence-corrected chi connectivity index (χ3v) is 4.12. The first-order chi connectivity index (χ1) is 8.31. The Labute approximate surface area is 105 Å². The maximum Gasteiger partial charge on any atom is 0.0589 e. The summed E-state index contributed by atoms with van der Waals surface area (Å²) in [6.45, 7) is 8.05. The smallest absolute Gasteiger partial charge is 0.0589 e. The van der Waals surface area contributed by atoms with Crippen molar-refractivity contribution in [3.8, 4) is 0 Å². The molecule has 4 nitrogen and oxygen atoms in total. The summed E-state index contributed by atoms with van der Waals surface area (Å²) in [7, 11) is 3.61. The van der Waals surface area contributed by atoms with Gasteiger partial charge in [0.15, 0.2) is 0 Å². The van der Waals surface area contributed by atoms with Gasteiger partial charge in [-0.2, -0.15) is 0 Å². The van der Waals surface area contributed by atoms with Crippen LogP contribution in [0.25, 0.3) is 0 Å². The van der Waals surface area contributed by atoms with Crippen molar-refractivity contribution in [2.75, 3.05) is 60.1 Å². The van der Waals surface area contributed by atoms with Gasteiger partial charge < -0.3 is 14.4 Å². The lowest BCUT2D eigenvalue weighted by Gasteiger charge is -2.41. The van der Waals surface area contributed by atoms with Crippen LogP contribution in [0.2, 0.25) is 0 Å². The second-order valence-corrected chi connectivity index (χ2v) is 5.33. The Morgan fingerprint density at radius 3 is 2.24 bits per heavy atom. The lowest BCUT2D eigenvalue weighted by molar-refractivity contribution is -0.0166. The van der Waals surface area contributed by atoms with Crippen LogP contribution in [0.15, 0.2) is 0 Å². The van der Waals surface area contributed by atoms with E-state index in [1.807, 2.05) is 7.11 Å². The normalized spacial score (nSPS) is 31.4. The number of hydrogen-bond donors (Lipinski definition) is 0. The quantitative estimate of drug-likeness (QED) is 0.684. The zero-order chi connectivity index (χ0) is 12.1. The maximum atomic E-state index is 5.33. The molecule has 1 aliphatic heterocycles. The summed E-state index contributed by atoms with van der Waals surface area (Å²) in [4.78, 5) is 5.11. The van der Waals surface area contributed by atoms with Gasteiger partial charge in [0.05, 0.1) is 12.7 Å². The molecular weight excluding hydrogens is 216 g/mol. The van der Waals surface area contributed by atoms with Gasteiger partial charge in [0.2, 0.25) is 0 Å². The summed E-state index contributed by atoms with van der Waals surface area (Å²) in [5.41, 5.74) is 0. The van der Waals surface area contributed by atoms with Gasteiger partial charge >= 0.3 is 0 Å². The minimum Gasteiger partial charge on any atom is -0.383 e. The second-order valence-electron chi connectivity index (χ2n) is 5.33. The van der Waals surface area contributed by atoms with E-state index in [1.54, 1.807) is 7.11 Å². The zero-order valence-corrected chi connectivity index (χ0v) is 11.2. The summed E-state index contributed by atoms with van der Waals surface area (Å²) in [6, 6.07) is 0. The van der Waals surface area contributed by atoms with Crippen molar-refractivity contribution >= 4 is 0 Å². The molecule has 2 fully saturated rings. The van der Waals surface area contributed by atoms with Crippen molar-refractivity contribution in [3.63, 3.8) is 0 Å². The van der Waals surface area contributed by atoms with Gasteiger partial charge in [-0.25, -0.2) is 0 Å². The number of nitrogens with zero attached hydrogens (tertiary/aromatic N) is 2. The Kier molecular flexibility index (Phi) is 5.22. The van der Waals surface area contributed by atoms with Crippen molar-refractivity contribution in [1.29, 1.82) is 0 Å². The summed E-state index contributed by atoms with van der Waals surface area (Å²) in [6.07, 6.45) is 3.07. The van der Waals surface area contributed by atoms with Crippen LogP contribution in [0, 0.1) is 5.92 Å². The third kappa shape index (κ3) is 3.91. The molecular formula is C13H26N2O2. The first kappa shape index (κ1) is 13.3. The van der Waals surface area contributed by atoms with Gasteiger partial charge in [0, 0.05) is 53.5 Å². The minimum absolute atomic E-state index is 0.544. The van der Waals surface area contributed by atoms with E-state index < -0.39 is 0 Å². The maximum absolute atomic E-state index is 5.33. The molecule has 2 rings (SSSR count). The average molecular weight is 242 g/mol. The molecule has 0 bridgehead atoms. The molecule has 4 heteroatoms. The molecule has 100 valence electrons. The van der Waals surface area contributed by atoms with Gasteiger partial charge in [-0.1, -0.05) is 0 Å². The molecule has 0 unspecified atom stereocenters. The Morgan fingerprint density at radius 2 is 1.65 bits per heavy atom. The molecule has 0 aromatic carbocycles. The van der Waals surface area contributed by atoms with Crippen LogP contribution in [-0.4, -0.2) is 76.0 Å². The fourth-order valence-corrected chi connectivity index (χ4v) is 2.80. The van der Waals surface area contributed by atoms with Crippen LogP contribution in [-0.2, 0) is 9.47 Å². The van der Waals surface area contributed by atoms with Crippen LogP contribution < -0.4 is 0 Å². The molecule has 1 heterocycles. The Hall–Kier alpha value is -0.160. The molecule has 1 saturated heterocycles. The lowest BCUT2D eigenvalue weighted by atomic mass is 9.82. The molecule has 0 atom stereocenters. The zero-order valence-electron chi connectivity index (χ0n) is 11.2. The van der Waals surface area contributed by atoms with E-state index in [1.165, 1.54) is 45.6 Å². The molecule has 0 spiro atoms. The highest BCUT2D eigenvalue weighted by molar-refractivity contribution is 4.84. The summed E-state index contributed by atoms with van der Waals surface area (Å²) >= 11 is 0. The van der Waals surface area contributed by atoms with Crippen molar-refractivity contribution in [2.45, 2.75) is 18.9 Å². The number of piperazine rings is 1. The SMILES string of the molecule is COCCN1CCN(CC2CC(OC)C2)CC1. The molecule has 0 N–H and O–H groups in total. The number of methoxy groups -OCH3 is 2. The number of rotatable bonds is 6. The van der Waals surface area contributed by atoms with E-state index in [0.29, 0.717) is 6.10 Å². The minimum atomic E-state index is 0.544. The molecule has 0 radical (unpaired) electrons. The topological polar surface area (TPSA) is 24.9 Å². The molecule has 2 aliphatic rings. The van der Waals surface area contributed by atoms with Crippen LogP contribution >= 0.6 is 0 Å². The predicted octanol–water partition coefficient (Wildman–Crippen LogP) is 0.675. The standard InChI is InChI=1S/C13H26N2O2/c1-16-8-7-14-3-5-15(6-4-14)11-12-9-13(10-12)17-2/h12-13H,3-11H2,1-2H3. The van der Waals surface area contributed by atoms with E-state index in [2.05, 4.69) is 9.80 Å². The Bertz CT molecular complexity index is 211. The molecule has 0 aromatic heterocycles. The van der Waals surface area contributed by atoms with E-state index in [9.17, 15) is 0 Å². The first-order valence-electron chi connectivity index (χ1n) is 6.78. The third-order valence-electron chi connectivity index (χ3n) is 4.12. The van der Waals surface area contributed by atoms with Crippen LogP contribution in [0.4, 0.5) is 0 Å². The van der Waals surface area contributed by atoms with Gasteiger partial charge in [-0.05, 0) is 18.8 Å². The number of hydrogen-bond acceptors (Lipinski definition) is 4. The van der Waals surface area contributed by atoms with Gasteiger partial charge in [-0.3, -0.25) is 4.90 Å². The van der Waals surface area contributed by atoms with Crippen molar-refractivity contribution in [3.05, 3.63) is 0 Å². The number of ether oxygens (including phenoxy) is 2. The van der Waals surface area contributed by atoms with Gasteiger partial charge in [0.25, 0.3) is 0 Å². The van der Waals surface area contributed by atoms with Crippen molar-refractivity contribution < 1.29 is 9.47 Å². The summed E-state index contributed by atoms with van der Waals surface area (Å²) < 4.78 is 10.4. The van der Waals surface area contributed by atoms with Crippen molar-refractivity contribution in [1.82, 2.24) is 9.80 Å². The fraction of sp³-hybridized carbons (Fsp3) is 1.00. The second kappa shape index (κ2) is 6.69. The van der Waals surface area contributed by atoms with Crippen molar-refractivity contribution in [2.24, 2.45) is 5.92 Å². The highest BCUT2D eigenvalue weighted by atomic mass is 16.5. The first-order valence-corrected chi connectivity index (χ1v) is 6.78. The summed E-state index contributed by atoms with van der Waals surface area (Å²) in [5.74, 6) is 0.880. The Morgan fingerprint density at radius 1 is 1.00 bits per heavy atom. The largest absolute Gasteiger partial charge is 0.383 e. The molecule has 1 aliphatic carbocycles.